The molecule has 114 valence electrons. The number of carboxylic acid groups (broad SMARTS) is 1. The number of carbonyl (C=O) groups is 2. The minimum absolute atomic E-state index is 0.0522. The van der Waals surface area contributed by atoms with Gasteiger partial charge in [0, 0.05) is 23.5 Å². The van der Waals surface area contributed by atoms with E-state index in [2.05, 4.69) is 15.9 Å². The number of amides is 1. The normalized spacial score (nSPS) is 22.1. The van der Waals surface area contributed by atoms with Gasteiger partial charge < -0.3 is 10.0 Å². The number of benzene rings is 1. The molecule has 1 aliphatic heterocycles. The summed E-state index contributed by atoms with van der Waals surface area (Å²) in [6.45, 7) is 2.34. The standard InChI is InChI=1S/C16H20BrNO3/c1-11-2-6-13(16(20)21)10-18(11)15(19)9-5-12-3-7-14(17)8-4-12/h3-4,7-8,11,13H,2,5-6,9-10H2,1H3,(H,20,21). The first kappa shape index (κ1) is 16.0. The Labute approximate surface area is 133 Å². The minimum atomic E-state index is -0.799. The molecule has 0 aromatic heterocycles. The van der Waals surface area contributed by atoms with Crippen LogP contribution in [-0.2, 0) is 16.0 Å². The van der Waals surface area contributed by atoms with E-state index in [1.54, 1.807) is 4.90 Å². The molecule has 1 aromatic rings. The van der Waals surface area contributed by atoms with E-state index in [0.29, 0.717) is 25.8 Å². The number of likely N-dealkylation sites (tertiary alicyclic amines) is 1. The molecule has 0 bridgehead atoms. The van der Waals surface area contributed by atoms with E-state index in [0.717, 1.165) is 16.5 Å². The van der Waals surface area contributed by atoms with Gasteiger partial charge in [-0.05, 0) is 43.9 Å². The van der Waals surface area contributed by atoms with Crippen LogP contribution in [0.4, 0.5) is 0 Å². The van der Waals surface area contributed by atoms with Crippen molar-refractivity contribution in [1.29, 1.82) is 0 Å². The summed E-state index contributed by atoms with van der Waals surface area (Å²) in [6.07, 6.45) is 2.54. The van der Waals surface area contributed by atoms with Crippen LogP contribution in [0.1, 0.15) is 31.7 Å². The first-order valence-electron chi connectivity index (χ1n) is 7.24. The van der Waals surface area contributed by atoms with Gasteiger partial charge in [0.2, 0.25) is 5.91 Å². The maximum atomic E-state index is 12.3. The Morgan fingerprint density at radius 3 is 2.57 bits per heavy atom. The Balaban J connectivity index is 1.92. The van der Waals surface area contributed by atoms with E-state index in [4.69, 9.17) is 5.11 Å². The van der Waals surface area contributed by atoms with Crippen molar-refractivity contribution in [2.45, 2.75) is 38.6 Å². The Kier molecular flexibility index (Phi) is 5.39. The lowest BCUT2D eigenvalue weighted by atomic mass is 9.93. The number of carboxylic acids is 1. The van der Waals surface area contributed by atoms with E-state index < -0.39 is 11.9 Å². The summed E-state index contributed by atoms with van der Waals surface area (Å²) in [5, 5.41) is 9.12. The van der Waals surface area contributed by atoms with Gasteiger partial charge in [0.15, 0.2) is 0 Å². The molecule has 1 aliphatic rings. The molecule has 0 spiro atoms. The predicted octanol–water partition coefficient (Wildman–Crippen LogP) is 3.09. The summed E-state index contributed by atoms with van der Waals surface area (Å²) in [6, 6.07) is 8.06. The highest BCUT2D eigenvalue weighted by Crippen LogP contribution is 2.23. The zero-order valence-corrected chi connectivity index (χ0v) is 13.7. The van der Waals surface area contributed by atoms with Crippen LogP contribution in [0, 0.1) is 5.92 Å². The Hall–Kier alpha value is -1.36. The van der Waals surface area contributed by atoms with Gasteiger partial charge in [0.05, 0.1) is 5.92 Å². The summed E-state index contributed by atoms with van der Waals surface area (Å²) in [5.41, 5.74) is 1.12. The largest absolute Gasteiger partial charge is 0.481 e. The average Bonchev–Trinajstić information content (AvgIpc) is 2.46. The number of hydrogen-bond donors (Lipinski definition) is 1. The fraction of sp³-hybridized carbons (Fsp3) is 0.500. The fourth-order valence-electron chi connectivity index (χ4n) is 2.70. The lowest BCUT2D eigenvalue weighted by Gasteiger charge is -2.36. The van der Waals surface area contributed by atoms with Gasteiger partial charge in [0.1, 0.15) is 0 Å². The smallest absolute Gasteiger partial charge is 0.308 e. The second kappa shape index (κ2) is 7.07. The third-order valence-electron chi connectivity index (χ3n) is 4.09. The average molecular weight is 354 g/mol. The predicted molar refractivity (Wildman–Crippen MR) is 84.0 cm³/mol. The molecule has 21 heavy (non-hydrogen) atoms. The first-order chi connectivity index (χ1) is 9.97. The molecule has 2 atom stereocenters. The quantitative estimate of drug-likeness (QED) is 0.904. The van der Waals surface area contributed by atoms with Gasteiger partial charge >= 0.3 is 5.97 Å². The molecule has 5 heteroatoms. The number of aliphatic carboxylic acids is 1. The topological polar surface area (TPSA) is 57.6 Å². The number of nitrogens with zero attached hydrogens (tertiary/aromatic N) is 1. The third-order valence-corrected chi connectivity index (χ3v) is 4.62. The molecule has 2 rings (SSSR count). The van der Waals surface area contributed by atoms with Crippen molar-refractivity contribution in [2.75, 3.05) is 6.54 Å². The van der Waals surface area contributed by atoms with Crippen LogP contribution in [0.3, 0.4) is 0 Å². The van der Waals surface area contributed by atoms with Crippen LogP contribution in [0.5, 0.6) is 0 Å². The van der Waals surface area contributed by atoms with Crippen molar-refractivity contribution in [3.63, 3.8) is 0 Å². The van der Waals surface area contributed by atoms with Crippen LogP contribution in [0.2, 0.25) is 0 Å². The molecule has 1 N–H and O–H groups in total. The fourth-order valence-corrected chi connectivity index (χ4v) is 2.97. The maximum Gasteiger partial charge on any atom is 0.308 e. The molecular formula is C16H20BrNO3. The molecule has 2 unspecified atom stereocenters. The Morgan fingerprint density at radius 1 is 1.29 bits per heavy atom. The van der Waals surface area contributed by atoms with Crippen molar-refractivity contribution in [3.05, 3.63) is 34.3 Å². The van der Waals surface area contributed by atoms with E-state index in [-0.39, 0.29) is 11.9 Å². The van der Waals surface area contributed by atoms with Gasteiger partial charge in [-0.3, -0.25) is 9.59 Å². The highest BCUT2D eigenvalue weighted by atomic mass is 79.9. The molecular weight excluding hydrogens is 334 g/mol. The van der Waals surface area contributed by atoms with E-state index in [1.807, 2.05) is 31.2 Å². The number of rotatable bonds is 4. The molecule has 0 radical (unpaired) electrons. The summed E-state index contributed by atoms with van der Waals surface area (Å²) in [7, 11) is 0. The highest BCUT2D eigenvalue weighted by Gasteiger charge is 2.32. The number of aryl methyl sites for hydroxylation is 1. The highest BCUT2D eigenvalue weighted by molar-refractivity contribution is 9.10. The summed E-state index contributed by atoms with van der Waals surface area (Å²) < 4.78 is 1.02. The summed E-state index contributed by atoms with van der Waals surface area (Å²) >= 11 is 3.39. The summed E-state index contributed by atoms with van der Waals surface area (Å²) in [4.78, 5) is 25.2. The molecule has 1 aromatic carbocycles. The van der Waals surface area contributed by atoms with Gasteiger partial charge in [-0.2, -0.15) is 0 Å². The van der Waals surface area contributed by atoms with Gasteiger partial charge in [0.25, 0.3) is 0 Å². The molecule has 4 nitrogen and oxygen atoms in total. The monoisotopic (exact) mass is 353 g/mol. The third kappa shape index (κ3) is 4.30. The number of carbonyl (C=O) groups excluding carboxylic acids is 1. The number of piperidine rings is 1. The van der Waals surface area contributed by atoms with Crippen LogP contribution in [-0.4, -0.2) is 34.5 Å². The second-order valence-electron chi connectivity index (χ2n) is 5.63. The zero-order chi connectivity index (χ0) is 15.4. The SMILES string of the molecule is CC1CCC(C(=O)O)CN1C(=O)CCc1ccc(Br)cc1. The van der Waals surface area contributed by atoms with E-state index >= 15 is 0 Å². The van der Waals surface area contributed by atoms with Crippen LogP contribution in [0.15, 0.2) is 28.7 Å². The van der Waals surface area contributed by atoms with Gasteiger partial charge in [-0.25, -0.2) is 0 Å². The van der Waals surface area contributed by atoms with E-state index in [9.17, 15) is 9.59 Å². The van der Waals surface area contributed by atoms with Gasteiger partial charge in [-0.15, -0.1) is 0 Å². The van der Waals surface area contributed by atoms with Crippen molar-refractivity contribution < 1.29 is 14.7 Å². The lowest BCUT2D eigenvalue weighted by molar-refractivity contribution is -0.147. The van der Waals surface area contributed by atoms with Crippen LogP contribution < -0.4 is 0 Å². The first-order valence-corrected chi connectivity index (χ1v) is 8.03. The maximum absolute atomic E-state index is 12.3. The number of hydrogen-bond acceptors (Lipinski definition) is 2. The molecule has 0 aliphatic carbocycles. The molecule has 1 heterocycles. The van der Waals surface area contributed by atoms with Crippen LogP contribution in [0.25, 0.3) is 0 Å². The van der Waals surface area contributed by atoms with E-state index in [1.165, 1.54) is 0 Å². The van der Waals surface area contributed by atoms with Crippen molar-refractivity contribution in [2.24, 2.45) is 5.92 Å². The summed E-state index contributed by atoms with van der Waals surface area (Å²) in [5.74, 6) is -1.16. The van der Waals surface area contributed by atoms with Crippen molar-refractivity contribution in [3.8, 4) is 0 Å². The van der Waals surface area contributed by atoms with Crippen LogP contribution >= 0.6 is 15.9 Å². The van der Waals surface area contributed by atoms with Crippen molar-refractivity contribution in [1.82, 2.24) is 4.90 Å². The van der Waals surface area contributed by atoms with Gasteiger partial charge in [-0.1, -0.05) is 28.1 Å². The lowest BCUT2D eigenvalue weighted by Crippen LogP contribution is -2.47. The zero-order valence-electron chi connectivity index (χ0n) is 12.1. The minimum Gasteiger partial charge on any atom is -0.481 e. The van der Waals surface area contributed by atoms with Crippen molar-refractivity contribution >= 4 is 27.8 Å². The number of halogens is 1. The second-order valence-corrected chi connectivity index (χ2v) is 6.55. The molecule has 1 amide bonds. The molecule has 1 saturated heterocycles. The molecule has 0 saturated carbocycles. The molecule has 1 fully saturated rings. The Bertz CT molecular complexity index is 515. The Morgan fingerprint density at radius 2 is 1.95 bits per heavy atom.